The number of hydrogen-bond acceptors (Lipinski definition) is 3. The first-order valence-electron chi connectivity index (χ1n) is 4.67. The maximum absolute atomic E-state index is 12.1. The number of thioether (sulfide) groups is 1. The molecule has 0 N–H and O–H groups in total. The first kappa shape index (κ1) is 12.1. The van der Waals surface area contributed by atoms with E-state index in [0.29, 0.717) is 11.0 Å². The van der Waals surface area contributed by atoms with Gasteiger partial charge in [-0.1, -0.05) is 11.8 Å². The number of alkyl halides is 3. The van der Waals surface area contributed by atoms with E-state index in [1.54, 1.807) is 11.6 Å². The van der Waals surface area contributed by atoms with Crippen LogP contribution in [0.2, 0.25) is 0 Å². The molecule has 1 aromatic heterocycles. The number of rotatable bonds is 2. The van der Waals surface area contributed by atoms with Crippen LogP contribution in [0, 0.1) is 0 Å². The Balaban J connectivity index is 2.46. The molecule has 1 aromatic carbocycles. The minimum Gasteiger partial charge on any atom is -0.406 e. The van der Waals surface area contributed by atoms with Crippen LogP contribution < -0.4 is 4.74 Å². The monoisotopic (exact) mass is 262 g/mol. The van der Waals surface area contributed by atoms with Crippen LogP contribution in [0.1, 0.15) is 0 Å². The Morgan fingerprint density at radius 3 is 2.65 bits per heavy atom. The van der Waals surface area contributed by atoms with Crippen LogP contribution in [-0.4, -0.2) is 22.2 Å². The Bertz CT molecular complexity index is 550. The number of aromatic nitrogens is 2. The molecule has 0 radical (unpaired) electrons. The van der Waals surface area contributed by atoms with E-state index >= 15 is 0 Å². The third-order valence-corrected chi connectivity index (χ3v) is 2.96. The van der Waals surface area contributed by atoms with Gasteiger partial charge in [0.1, 0.15) is 5.75 Å². The lowest BCUT2D eigenvalue weighted by atomic mass is 10.3. The number of imidazole rings is 1. The summed E-state index contributed by atoms with van der Waals surface area (Å²) in [4.78, 5) is 4.26. The van der Waals surface area contributed by atoms with Crippen molar-refractivity contribution in [2.75, 3.05) is 6.26 Å². The van der Waals surface area contributed by atoms with E-state index in [1.165, 1.54) is 30.0 Å². The van der Waals surface area contributed by atoms with Gasteiger partial charge in [0.2, 0.25) is 0 Å². The smallest absolute Gasteiger partial charge is 0.406 e. The molecule has 0 saturated carbocycles. The van der Waals surface area contributed by atoms with Gasteiger partial charge in [-0.05, 0) is 18.4 Å². The van der Waals surface area contributed by atoms with Crippen LogP contribution >= 0.6 is 11.8 Å². The molecule has 2 rings (SSSR count). The van der Waals surface area contributed by atoms with E-state index in [9.17, 15) is 13.2 Å². The highest BCUT2D eigenvalue weighted by molar-refractivity contribution is 7.98. The fourth-order valence-corrected chi connectivity index (χ4v) is 2.09. The fraction of sp³-hybridized carbons (Fsp3) is 0.300. The molecule has 3 nitrogen and oxygen atoms in total. The van der Waals surface area contributed by atoms with Gasteiger partial charge in [-0.3, -0.25) is 0 Å². The maximum Gasteiger partial charge on any atom is 0.573 e. The van der Waals surface area contributed by atoms with Crippen molar-refractivity contribution in [3.63, 3.8) is 0 Å². The Morgan fingerprint density at radius 2 is 2.06 bits per heavy atom. The lowest BCUT2D eigenvalue weighted by molar-refractivity contribution is -0.274. The van der Waals surface area contributed by atoms with E-state index in [-0.39, 0.29) is 5.75 Å². The van der Waals surface area contributed by atoms with Crippen molar-refractivity contribution in [1.82, 2.24) is 9.55 Å². The van der Waals surface area contributed by atoms with Crippen LogP contribution in [0.5, 0.6) is 5.75 Å². The molecule has 0 unspecified atom stereocenters. The zero-order valence-electron chi connectivity index (χ0n) is 9.08. The average molecular weight is 262 g/mol. The van der Waals surface area contributed by atoms with Crippen molar-refractivity contribution in [2.45, 2.75) is 11.5 Å². The second-order valence-electron chi connectivity index (χ2n) is 3.36. The summed E-state index contributed by atoms with van der Waals surface area (Å²) in [6, 6.07) is 4.10. The van der Waals surface area contributed by atoms with Crippen molar-refractivity contribution in [3.05, 3.63) is 18.2 Å². The second-order valence-corrected chi connectivity index (χ2v) is 4.13. The maximum atomic E-state index is 12.1. The standard InChI is InChI=1S/C10H9F3N2OS/c1-15-8-5-6(16-10(11,12)13)3-4-7(8)14-9(15)17-2/h3-5H,1-2H3. The number of halogens is 3. The van der Waals surface area contributed by atoms with Crippen molar-refractivity contribution in [3.8, 4) is 5.75 Å². The molecule has 92 valence electrons. The third-order valence-electron chi connectivity index (χ3n) is 2.23. The molecule has 0 aliphatic carbocycles. The van der Waals surface area contributed by atoms with E-state index in [0.717, 1.165) is 5.16 Å². The Morgan fingerprint density at radius 1 is 1.35 bits per heavy atom. The largest absolute Gasteiger partial charge is 0.573 e. The van der Waals surface area contributed by atoms with Gasteiger partial charge in [-0.15, -0.1) is 13.2 Å². The second kappa shape index (κ2) is 4.14. The van der Waals surface area contributed by atoms with Gasteiger partial charge >= 0.3 is 6.36 Å². The van der Waals surface area contributed by atoms with Crippen molar-refractivity contribution < 1.29 is 17.9 Å². The summed E-state index contributed by atoms with van der Waals surface area (Å²) in [7, 11) is 1.75. The predicted molar refractivity (Wildman–Crippen MR) is 59.2 cm³/mol. The molecule has 2 aromatic rings. The first-order chi connectivity index (χ1) is 7.90. The van der Waals surface area contributed by atoms with E-state index in [1.807, 2.05) is 6.26 Å². The Labute approximate surface area is 99.6 Å². The van der Waals surface area contributed by atoms with Crippen LogP contribution in [-0.2, 0) is 7.05 Å². The molecule has 0 bridgehead atoms. The van der Waals surface area contributed by atoms with Crippen LogP contribution in [0.25, 0.3) is 11.0 Å². The summed E-state index contributed by atoms with van der Waals surface area (Å²) in [5, 5.41) is 0.740. The zero-order valence-corrected chi connectivity index (χ0v) is 9.89. The van der Waals surface area contributed by atoms with E-state index in [2.05, 4.69) is 9.72 Å². The first-order valence-corrected chi connectivity index (χ1v) is 5.89. The topological polar surface area (TPSA) is 27.1 Å². The number of aryl methyl sites for hydroxylation is 1. The molecular formula is C10H9F3N2OS. The molecular weight excluding hydrogens is 253 g/mol. The lowest BCUT2D eigenvalue weighted by Crippen LogP contribution is -2.17. The van der Waals surface area contributed by atoms with Crippen molar-refractivity contribution >= 4 is 22.8 Å². The quantitative estimate of drug-likeness (QED) is 0.778. The summed E-state index contributed by atoms with van der Waals surface area (Å²) >= 11 is 1.43. The van der Waals surface area contributed by atoms with Gasteiger partial charge in [0, 0.05) is 13.1 Å². The van der Waals surface area contributed by atoms with Gasteiger partial charge in [-0.25, -0.2) is 4.98 Å². The van der Waals surface area contributed by atoms with Crippen molar-refractivity contribution in [1.29, 1.82) is 0 Å². The minimum absolute atomic E-state index is 0.236. The van der Waals surface area contributed by atoms with Crippen LogP contribution in [0.15, 0.2) is 23.4 Å². The van der Waals surface area contributed by atoms with Crippen molar-refractivity contribution in [2.24, 2.45) is 7.05 Å². The zero-order chi connectivity index (χ0) is 12.6. The summed E-state index contributed by atoms with van der Waals surface area (Å²) in [5.74, 6) is -0.236. The molecule has 0 spiro atoms. The number of hydrogen-bond donors (Lipinski definition) is 0. The minimum atomic E-state index is -4.67. The van der Waals surface area contributed by atoms with Gasteiger partial charge in [0.15, 0.2) is 5.16 Å². The highest BCUT2D eigenvalue weighted by Gasteiger charge is 2.31. The molecule has 0 amide bonds. The highest BCUT2D eigenvalue weighted by atomic mass is 32.2. The fourth-order valence-electron chi connectivity index (χ4n) is 1.53. The number of fused-ring (bicyclic) bond motifs is 1. The average Bonchev–Trinajstić information content (AvgIpc) is 2.53. The van der Waals surface area contributed by atoms with E-state index in [4.69, 9.17) is 0 Å². The Kier molecular flexibility index (Phi) is 2.94. The van der Waals surface area contributed by atoms with Gasteiger partial charge in [0.25, 0.3) is 0 Å². The molecule has 0 fully saturated rings. The van der Waals surface area contributed by atoms with Gasteiger partial charge < -0.3 is 9.30 Å². The summed E-state index contributed by atoms with van der Waals surface area (Å²) in [6.45, 7) is 0. The summed E-state index contributed by atoms with van der Waals surface area (Å²) in [6.07, 6.45) is -2.82. The molecule has 0 aliphatic heterocycles. The molecule has 17 heavy (non-hydrogen) atoms. The van der Waals surface area contributed by atoms with Gasteiger partial charge in [0.05, 0.1) is 11.0 Å². The summed E-state index contributed by atoms with van der Waals surface area (Å²) in [5.41, 5.74) is 1.25. The van der Waals surface area contributed by atoms with Crippen LogP contribution in [0.3, 0.4) is 0 Å². The molecule has 0 saturated heterocycles. The number of nitrogens with zero attached hydrogens (tertiary/aromatic N) is 2. The summed E-state index contributed by atoms with van der Waals surface area (Å²) < 4.78 is 41.8. The number of benzene rings is 1. The molecule has 0 atom stereocenters. The Hall–Kier alpha value is -1.37. The SMILES string of the molecule is CSc1nc2ccc(OC(F)(F)F)cc2n1C. The molecule has 1 heterocycles. The molecule has 7 heteroatoms. The highest BCUT2D eigenvalue weighted by Crippen LogP contribution is 2.28. The molecule has 0 aliphatic rings. The normalized spacial score (nSPS) is 12.1. The lowest BCUT2D eigenvalue weighted by Gasteiger charge is -2.08. The predicted octanol–water partition coefficient (Wildman–Crippen LogP) is 3.19. The van der Waals surface area contributed by atoms with Gasteiger partial charge in [-0.2, -0.15) is 0 Å². The van der Waals surface area contributed by atoms with E-state index < -0.39 is 6.36 Å². The third kappa shape index (κ3) is 2.49. The van der Waals surface area contributed by atoms with Crippen LogP contribution in [0.4, 0.5) is 13.2 Å². The number of ether oxygens (including phenoxy) is 1.